The standard InChI is InChI=1S/C15H21N3/c1-5-6-18-14(16)17-10-15(18,4)13-8-11(2)7-12(3)9-13/h5,7-9H,1,6,10H2,2-4H3,(H2,16,17). The van der Waals surface area contributed by atoms with Crippen LogP contribution in [0, 0.1) is 13.8 Å². The van der Waals surface area contributed by atoms with E-state index in [2.05, 4.69) is 55.4 Å². The van der Waals surface area contributed by atoms with Gasteiger partial charge in [0.2, 0.25) is 0 Å². The van der Waals surface area contributed by atoms with Crippen molar-refractivity contribution in [2.45, 2.75) is 26.3 Å². The molecule has 18 heavy (non-hydrogen) atoms. The molecule has 0 bridgehead atoms. The molecule has 0 aromatic heterocycles. The van der Waals surface area contributed by atoms with E-state index in [-0.39, 0.29) is 5.54 Å². The summed E-state index contributed by atoms with van der Waals surface area (Å²) >= 11 is 0. The molecule has 1 aliphatic heterocycles. The summed E-state index contributed by atoms with van der Waals surface area (Å²) in [5.41, 5.74) is 9.64. The molecule has 1 unspecified atom stereocenters. The predicted molar refractivity (Wildman–Crippen MR) is 76.7 cm³/mol. The van der Waals surface area contributed by atoms with Crippen molar-refractivity contribution in [1.29, 1.82) is 0 Å². The first-order chi connectivity index (χ1) is 8.47. The van der Waals surface area contributed by atoms with Gasteiger partial charge in [-0.05, 0) is 26.3 Å². The van der Waals surface area contributed by atoms with Crippen molar-refractivity contribution in [2.24, 2.45) is 10.7 Å². The van der Waals surface area contributed by atoms with E-state index in [1.54, 1.807) is 0 Å². The Labute approximate surface area is 109 Å². The molecular formula is C15H21N3. The van der Waals surface area contributed by atoms with Gasteiger partial charge in [-0.3, -0.25) is 4.99 Å². The van der Waals surface area contributed by atoms with Gasteiger partial charge in [-0.2, -0.15) is 0 Å². The molecule has 0 radical (unpaired) electrons. The number of hydrogen-bond acceptors (Lipinski definition) is 3. The van der Waals surface area contributed by atoms with Gasteiger partial charge in [-0.1, -0.05) is 35.4 Å². The molecule has 1 heterocycles. The zero-order valence-corrected chi connectivity index (χ0v) is 11.4. The average Bonchev–Trinajstić information content (AvgIpc) is 2.58. The second kappa shape index (κ2) is 4.48. The van der Waals surface area contributed by atoms with Crippen molar-refractivity contribution in [3.05, 3.63) is 47.5 Å². The number of hydrogen-bond donors (Lipinski definition) is 1. The summed E-state index contributed by atoms with van der Waals surface area (Å²) in [6.07, 6.45) is 1.87. The van der Waals surface area contributed by atoms with Crippen molar-refractivity contribution in [1.82, 2.24) is 4.90 Å². The summed E-state index contributed by atoms with van der Waals surface area (Å²) < 4.78 is 0. The second-order valence-corrected chi connectivity index (χ2v) is 5.22. The van der Waals surface area contributed by atoms with Gasteiger partial charge in [-0.15, -0.1) is 6.58 Å². The van der Waals surface area contributed by atoms with Crippen LogP contribution >= 0.6 is 0 Å². The highest BCUT2D eigenvalue weighted by Crippen LogP contribution is 2.33. The highest BCUT2D eigenvalue weighted by molar-refractivity contribution is 5.81. The van der Waals surface area contributed by atoms with Crippen LogP contribution in [0.3, 0.4) is 0 Å². The van der Waals surface area contributed by atoms with Crippen LogP contribution in [0.5, 0.6) is 0 Å². The van der Waals surface area contributed by atoms with E-state index >= 15 is 0 Å². The number of nitrogens with two attached hydrogens (primary N) is 1. The van der Waals surface area contributed by atoms with Crippen LogP contribution in [0.25, 0.3) is 0 Å². The summed E-state index contributed by atoms with van der Waals surface area (Å²) in [7, 11) is 0. The lowest BCUT2D eigenvalue weighted by atomic mass is 9.88. The fraction of sp³-hybridized carbons (Fsp3) is 0.400. The van der Waals surface area contributed by atoms with E-state index in [0.29, 0.717) is 12.5 Å². The van der Waals surface area contributed by atoms with E-state index in [4.69, 9.17) is 5.73 Å². The zero-order valence-electron chi connectivity index (χ0n) is 11.4. The molecule has 3 heteroatoms. The molecule has 0 amide bonds. The monoisotopic (exact) mass is 243 g/mol. The molecule has 0 aliphatic carbocycles. The van der Waals surface area contributed by atoms with Crippen LogP contribution in [-0.4, -0.2) is 23.9 Å². The fourth-order valence-electron chi connectivity index (χ4n) is 2.62. The first-order valence-electron chi connectivity index (χ1n) is 6.24. The third-order valence-corrected chi connectivity index (χ3v) is 3.58. The zero-order chi connectivity index (χ0) is 13.3. The molecule has 3 nitrogen and oxygen atoms in total. The Morgan fingerprint density at radius 3 is 2.56 bits per heavy atom. The minimum absolute atomic E-state index is 0.158. The molecule has 0 saturated carbocycles. The molecule has 0 fully saturated rings. The van der Waals surface area contributed by atoms with Crippen LogP contribution in [0.2, 0.25) is 0 Å². The Bertz CT molecular complexity index is 484. The lowest BCUT2D eigenvalue weighted by Gasteiger charge is -2.36. The third-order valence-electron chi connectivity index (χ3n) is 3.58. The van der Waals surface area contributed by atoms with Gasteiger partial charge in [0, 0.05) is 6.54 Å². The van der Waals surface area contributed by atoms with E-state index < -0.39 is 0 Å². The Balaban J connectivity index is 2.44. The first-order valence-corrected chi connectivity index (χ1v) is 6.24. The maximum atomic E-state index is 5.98. The molecule has 0 spiro atoms. The van der Waals surface area contributed by atoms with Gasteiger partial charge in [-0.25, -0.2) is 0 Å². The molecule has 1 aromatic rings. The predicted octanol–water partition coefficient (Wildman–Crippen LogP) is 2.33. The normalized spacial score (nSPS) is 23.1. The Morgan fingerprint density at radius 2 is 2.00 bits per heavy atom. The Hall–Kier alpha value is -1.77. The van der Waals surface area contributed by atoms with Crippen molar-refractivity contribution >= 4 is 5.96 Å². The summed E-state index contributed by atoms with van der Waals surface area (Å²) in [6, 6.07) is 6.62. The van der Waals surface area contributed by atoms with Crippen LogP contribution in [-0.2, 0) is 5.54 Å². The molecule has 2 N–H and O–H groups in total. The topological polar surface area (TPSA) is 41.6 Å². The van der Waals surface area contributed by atoms with Gasteiger partial charge in [0.05, 0.1) is 12.1 Å². The Kier molecular flexibility index (Phi) is 3.16. The number of nitrogens with zero attached hydrogens (tertiary/aromatic N) is 2. The van der Waals surface area contributed by atoms with Gasteiger partial charge >= 0.3 is 0 Å². The minimum atomic E-state index is -0.158. The van der Waals surface area contributed by atoms with Crippen LogP contribution in [0.4, 0.5) is 0 Å². The van der Waals surface area contributed by atoms with Gasteiger partial charge in [0.15, 0.2) is 5.96 Å². The van der Waals surface area contributed by atoms with Crippen LogP contribution in [0.1, 0.15) is 23.6 Å². The molecule has 0 saturated heterocycles. The summed E-state index contributed by atoms with van der Waals surface area (Å²) in [6.45, 7) is 11.7. The third kappa shape index (κ3) is 2.01. The largest absolute Gasteiger partial charge is 0.370 e. The van der Waals surface area contributed by atoms with Gasteiger partial charge < -0.3 is 10.6 Å². The molecule has 2 rings (SSSR count). The lowest BCUT2D eigenvalue weighted by molar-refractivity contribution is 0.245. The van der Waals surface area contributed by atoms with Crippen molar-refractivity contribution < 1.29 is 0 Å². The number of aryl methyl sites for hydroxylation is 2. The second-order valence-electron chi connectivity index (χ2n) is 5.22. The van der Waals surface area contributed by atoms with Gasteiger partial charge in [0.1, 0.15) is 0 Å². The summed E-state index contributed by atoms with van der Waals surface area (Å²) in [5, 5.41) is 0. The molecule has 1 aromatic carbocycles. The SMILES string of the molecule is C=CCN1C(N)=NCC1(C)c1cc(C)cc(C)c1. The van der Waals surface area contributed by atoms with Crippen molar-refractivity contribution in [2.75, 3.05) is 13.1 Å². The smallest absolute Gasteiger partial charge is 0.192 e. The fourth-order valence-corrected chi connectivity index (χ4v) is 2.62. The summed E-state index contributed by atoms with van der Waals surface area (Å²) in [4.78, 5) is 6.52. The van der Waals surface area contributed by atoms with E-state index in [9.17, 15) is 0 Å². The van der Waals surface area contributed by atoms with E-state index in [1.807, 2.05) is 6.08 Å². The van der Waals surface area contributed by atoms with E-state index in [0.717, 1.165) is 6.54 Å². The average molecular weight is 243 g/mol. The maximum absolute atomic E-state index is 5.98. The number of rotatable bonds is 3. The highest BCUT2D eigenvalue weighted by atomic mass is 15.3. The first kappa shape index (κ1) is 12.7. The molecule has 96 valence electrons. The minimum Gasteiger partial charge on any atom is -0.370 e. The number of guanidine groups is 1. The van der Waals surface area contributed by atoms with Crippen molar-refractivity contribution in [3.8, 4) is 0 Å². The van der Waals surface area contributed by atoms with Crippen LogP contribution in [0.15, 0.2) is 35.8 Å². The maximum Gasteiger partial charge on any atom is 0.192 e. The van der Waals surface area contributed by atoms with Crippen molar-refractivity contribution in [3.63, 3.8) is 0 Å². The number of aliphatic imine (C=N–C) groups is 1. The Morgan fingerprint density at radius 1 is 1.39 bits per heavy atom. The molecule has 1 aliphatic rings. The van der Waals surface area contributed by atoms with E-state index in [1.165, 1.54) is 16.7 Å². The van der Waals surface area contributed by atoms with Gasteiger partial charge in [0.25, 0.3) is 0 Å². The molecule has 1 atom stereocenters. The molecular weight excluding hydrogens is 222 g/mol. The number of benzene rings is 1. The quantitative estimate of drug-likeness (QED) is 0.828. The summed E-state index contributed by atoms with van der Waals surface area (Å²) in [5.74, 6) is 0.608. The highest BCUT2D eigenvalue weighted by Gasteiger charge is 2.38. The lowest BCUT2D eigenvalue weighted by Crippen LogP contribution is -2.47. The van der Waals surface area contributed by atoms with Crippen LogP contribution < -0.4 is 5.73 Å².